The third-order valence-electron chi connectivity index (χ3n) is 3.81. The maximum absolute atomic E-state index is 13.8. The molecule has 0 saturated heterocycles. The van der Waals surface area contributed by atoms with Crippen LogP contribution in [0.15, 0.2) is 18.2 Å². The lowest BCUT2D eigenvalue weighted by molar-refractivity contribution is 0.262. The zero-order valence-electron chi connectivity index (χ0n) is 12.3. The largest absolute Gasteiger partial charge is 0.415 e. The summed E-state index contributed by atoms with van der Waals surface area (Å²) in [6.07, 6.45) is 0. The Bertz CT molecular complexity index is 446. The van der Waals surface area contributed by atoms with E-state index in [1.807, 2.05) is 0 Å². The van der Waals surface area contributed by atoms with Crippen molar-refractivity contribution < 1.29 is 8.82 Å². The van der Waals surface area contributed by atoms with E-state index in [1.165, 1.54) is 6.07 Å². The molecular formula is C14H23ClFNOSi. The highest BCUT2D eigenvalue weighted by Crippen LogP contribution is 2.37. The molecule has 1 aromatic rings. The Labute approximate surface area is 121 Å². The molecule has 5 heteroatoms. The SMILES string of the molecule is CC(C)(C)[Si](C)(C)OCC(N)c1cccc(Cl)c1F. The first-order valence-electron chi connectivity index (χ1n) is 6.40. The summed E-state index contributed by atoms with van der Waals surface area (Å²) in [5.74, 6) is -0.449. The van der Waals surface area contributed by atoms with Crippen LogP contribution in [0.3, 0.4) is 0 Å². The highest BCUT2D eigenvalue weighted by molar-refractivity contribution is 6.74. The van der Waals surface area contributed by atoms with Gasteiger partial charge in [0, 0.05) is 5.56 Å². The third kappa shape index (κ3) is 4.02. The summed E-state index contributed by atoms with van der Waals surface area (Å²) in [4.78, 5) is 0. The fraction of sp³-hybridized carbons (Fsp3) is 0.571. The molecule has 0 aliphatic carbocycles. The van der Waals surface area contributed by atoms with Crippen LogP contribution < -0.4 is 5.73 Å². The maximum Gasteiger partial charge on any atom is 0.192 e. The van der Waals surface area contributed by atoms with Gasteiger partial charge in [-0.25, -0.2) is 4.39 Å². The molecule has 0 aliphatic heterocycles. The van der Waals surface area contributed by atoms with E-state index in [1.54, 1.807) is 12.1 Å². The van der Waals surface area contributed by atoms with Gasteiger partial charge in [0.2, 0.25) is 0 Å². The van der Waals surface area contributed by atoms with Crippen LogP contribution in [0.1, 0.15) is 32.4 Å². The van der Waals surface area contributed by atoms with Gasteiger partial charge in [-0.2, -0.15) is 0 Å². The molecule has 108 valence electrons. The van der Waals surface area contributed by atoms with Crippen LogP contribution in [0.2, 0.25) is 23.2 Å². The van der Waals surface area contributed by atoms with Crippen LogP contribution in [-0.4, -0.2) is 14.9 Å². The number of nitrogens with two attached hydrogens (primary N) is 1. The smallest absolute Gasteiger partial charge is 0.192 e. The number of hydrogen-bond acceptors (Lipinski definition) is 2. The van der Waals surface area contributed by atoms with Crippen LogP contribution in [0, 0.1) is 5.82 Å². The number of halogens is 2. The van der Waals surface area contributed by atoms with Gasteiger partial charge in [0.1, 0.15) is 5.82 Å². The summed E-state index contributed by atoms with van der Waals surface area (Å²) < 4.78 is 19.9. The average Bonchev–Trinajstić information content (AvgIpc) is 2.28. The molecule has 19 heavy (non-hydrogen) atoms. The fourth-order valence-corrected chi connectivity index (χ4v) is 2.62. The molecule has 1 atom stereocenters. The van der Waals surface area contributed by atoms with Gasteiger partial charge in [0.25, 0.3) is 0 Å². The number of rotatable bonds is 4. The standard InChI is InChI=1S/C14H23ClFNOSi/c1-14(2,3)19(4,5)18-9-12(17)10-7-6-8-11(15)13(10)16/h6-8,12H,9,17H2,1-5H3. The summed E-state index contributed by atoms with van der Waals surface area (Å²) in [5.41, 5.74) is 6.42. The van der Waals surface area contributed by atoms with Crippen molar-refractivity contribution in [3.63, 3.8) is 0 Å². The lowest BCUT2D eigenvalue weighted by Gasteiger charge is -2.37. The van der Waals surface area contributed by atoms with Crippen LogP contribution in [-0.2, 0) is 4.43 Å². The van der Waals surface area contributed by atoms with E-state index in [-0.39, 0.29) is 10.1 Å². The predicted molar refractivity (Wildman–Crippen MR) is 81.5 cm³/mol. The van der Waals surface area contributed by atoms with E-state index in [9.17, 15) is 4.39 Å². The quantitative estimate of drug-likeness (QED) is 0.831. The summed E-state index contributed by atoms with van der Waals surface area (Å²) in [6.45, 7) is 11.1. The molecule has 1 unspecified atom stereocenters. The third-order valence-corrected chi connectivity index (χ3v) is 8.60. The second-order valence-electron chi connectivity index (χ2n) is 6.32. The normalized spacial score (nSPS) is 14.5. The lowest BCUT2D eigenvalue weighted by atomic mass is 10.1. The first-order chi connectivity index (χ1) is 8.56. The molecule has 2 N–H and O–H groups in total. The molecule has 0 saturated carbocycles. The minimum absolute atomic E-state index is 0.0975. The Hall–Kier alpha value is -0.423. The van der Waals surface area contributed by atoms with Gasteiger partial charge in [0.15, 0.2) is 8.32 Å². The Morgan fingerprint density at radius 1 is 1.37 bits per heavy atom. The van der Waals surface area contributed by atoms with Gasteiger partial charge in [-0.15, -0.1) is 0 Å². The highest BCUT2D eigenvalue weighted by Gasteiger charge is 2.37. The first kappa shape index (κ1) is 16.6. The van der Waals surface area contributed by atoms with Crippen molar-refractivity contribution in [1.29, 1.82) is 0 Å². The lowest BCUT2D eigenvalue weighted by Crippen LogP contribution is -2.42. The van der Waals surface area contributed by atoms with Crippen molar-refractivity contribution in [2.45, 2.75) is 44.9 Å². The van der Waals surface area contributed by atoms with E-state index in [2.05, 4.69) is 33.9 Å². The number of benzene rings is 1. The van der Waals surface area contributed by atoms with Crippen LogP contribution in [0.25, 0.3) is 0 Å². The molecule has 0 radical (unpaired) electrons. The second-order valence-corrected chi connectivity index (χ2v) is 11.5. The van der Waals surface area contributed by atoms with Crippen molar-refractivity contribution in [3.8, 4) is 0 Å². The Morgan fingerprint density at radius 2 is 1.95 bits per heavy atom. The molecule has 0 heterocycles. The predicted octanol–water partition coefficient (Wildman–Crippen LogP) is 4.50. The maximum atomic E-state index is 13.8. The van der Waals surface area contributed by atoms with E-state index in [4.69, 9.17) is 21.8 Å². The van der Waals surface area contributed by atoms with Gasteiger partial charge in [0.05, 0.1) is 17.7 Å². The molecular weight excluding hydrogens is 281 g/mol. The topological polar surface area (TPSA) is 35.2 Å². The zero-order chi connectivity index (χ0) is 14.8. The monoisotopic (exact) mass is 303 g/mol. The molecule has 0 fully saturated rings. The summed E-state index contributed by atoms with van der Waals surface area (Å²) in [5, 5.41) is 0.208. The van der Waals surface area contributed by atoms with Crippen molar-refractivity contribution >= 4 is 19.9 Å². The minimum Gasteiger partial charge on any atom is -0.415 e. The second kappa shape index (κ2) is 5.91. The molecule has 1 rings (SSSR count). The van der Waals surface area contributed by atoms with E-state index < -0.39 is 20.2 Å². The highest BCUT2D eigenvalue weighted by atomic mass is 35.5. The fourth-order valence-electron chi connectivity index (χ4n) is 1.41. The van der Waals surface area contributed by atoms with E-state index >= 15 is 0 Å². The van der Waals surface area contributed by atoms with Crippen molar-refractivity contribution in [1.82, 2.24) is 0 Å². The molecule has 0 bridgehead atoms. The summed E-state index contributed by atoms with van der Waals surface area (Å²) >= 11 is 5.76. The first-order valence-corrected chi connectivity index (χ1v) is 9.68. The molecule has 0 aromatic heterocycles. The molecule has 2 nitrogen and oxygen atoms in total. The van der Waals surface area contributed by atoms with Crippen molar-refractivity contribution in [2.75, 3.05) is 6.61 Å². The Kier molecular flexibility index (Phi) is 5.18. The molecule has 0 spiro atoms. The summed E-state index contributed by atoms with van der Waals surface area (Å²) in [6, 6.07) is 4.38. The van der Waals surface area contributed by atoms with E-state index in [0.717, 1.165) is 0 Å². The van der Waals surface area contributed by atoms with Gasteiger partial charge in [-0.3, -0.25) is 0 Å². The number of hydrogen-bond donors (Lipinski definition) is 1. The van der Waals surface area contributed by atoms with Crippen LogP contribution in [0.5, 0.6) is 0 Å². The molecule has 0 amide bonds. The molecule has 1 aromatic carbocycles. The van der Waals surface area contributed by atoms with Gasteiger partial charge >= 0.3 is 0 Å². The van der Waals surface area contributed by atoms with Gasteiger partial charge in [-0.05, 0) is 24.2 Å². The van der Waals surface area contributed by atoms with E-state index in [0.29, 0.717) is 12.2 Å². The van der Waals surface area contributed by atoms with Crippen LogP contribution in [0.4, 0.5) is 4.39 Å². The van der Waals surface area contributed by atoms with Crippen molar-refractivity contribution in [3.05, 3.63) is 34.6 Å². The summed E-state index contributed by atoms with van der Waals surface area (Å²) in [7, 11) is -1.87. The van der Waals surface area contributed by atoms with Gasteiger partial charge < -0.3 is 10.2 Å². The van der Waals surface area contributed by atoms with Crippen LogP contribution >= 0.6 is 11.6 Å². The molecule has 0 aliphatic rings. The zero-order valence-corrected chi connectivity index (χ0v) is 14.0. The minimum atomic E-state index is -1.87. The van der Waals surface area contributed by atoms with Crippen molar-refractivity contribution in [2.24, 2.45) is 5.73 Å². The Morgan fingerprint density at radius 3 is 2.47 bits per heavy atom. The average molecular weight is 304 g/mol. The Balaban J connectivity index is 2.76. The van der Waals surface area contributed by atoms with Gasteiger partial charge in [-0.1, -0.05) is 44.5 Å².